The molecule has 0 aliphatic rings. The molecule has 2 aromatic rings. The fourth-order valence-electron chi connectivity index (χ4n) is 1.61. The van der Waals surface area contributed by atoms with Crippen LogP contribution >= 0.6 is 12.2 Å². The van der Waals surface area contributed by atoms with Crippen molar-refractivity contribution in [2.75, 3.05) is 11.9 Å². The summed E-state index contributed by atoms with van der Waals surface area (Å²) in [4.78, 5) is 4.39. The number of halogens is 2. The zero-order valence-electron chi connectivity index (χ0n) is 9.36. The van der Waals surface area contributed by atoms with Gasteiger partial charge in [0, 0.05) is 5.39 Å². The largest absolute Gasteiger partial charge is 0.389 e. The maximum absolute atomic E-state index is 12.2. The van der Waals surface area contributed by atoms with Crippen molar-refractivity contribution in [3.63, 3.8) is 0 Å². The molecule has 1 aromatic heterocycles. The van der Waals surface area contributed by atoms with Crippen molar-refractivity contribution >= 4 is 33.9 Å². The zero-order valence-corrected chi connectivity index (χ0v) is 10.2. The maximum atomic E-state index is 12.2. The Kier molecular flexibility index (Phi) is 3.66. The minimum absolute atomic E-state index is 0.130. The number of hydrogen-bond donors (Lipinski definition) is 2. The minimum atomic E-state index is -2.46. The van der Waals surface area contributed by atoms with E-state index in [1.807, 2.05) is 18.2 Å². The third kappa shape index (κ3) is 2.70. The van der Waals surface area contributed by atoms with Crippen LogP contribution in [0.15, 0.2) is 30.3 Å². The van der Waals surface area contributed by atoms with Crippen molar-refractivity contribution in [2.24, 2.45) is 5.73 Å². The molecule has 6 heteroatoms. The summed E-state index contributed by atoms with van der Waals surface area (Å²) in [5.74, 6) is 0.293. The molecular formula is C12H11F2N3S. The number of para-hydroxylation sites is 1. The summed E-state index contributed by atoms with van der Waals surface area (Å²) in [5, 5.41) is 3.42. The Morgan fingerprint density at radius 3 is 2.78 bits per heavy atom. The van der Waals surface area contributed by atoms with E-state index in [2.05, 4.69) is 10.3 Å². The number of anilines is 1. The van der Waals surface area contributed by atoms with E-state index in [0.29, 0.717) is 16.9 Å². The molecule has 18 heavy (non-hydrogen) atoms. The predicted molar refractivity (Wildman–Crippen MR) is 72.1 cm³/mol. The van der Waals surface area contributed by atoms with Gasteiger partial charge in [-0.2, -0.15) is 0 Å². The fourth-order valence-corrected chi connectivity index (χ4v) is 1.77. The summed E-state index contributed by atoms with van der Waals surface area (Å²) in [7, 11) is 0. The molecule has 0 radical (unpaired) electrons. The van der Waals surface area contributed by atoms with Crippen LogP contribution in [-0.4, -0.2) is 22.9 Å². The van der Waals surface area contributed by atoms with Gasteiger partial charge in [0.1, 0.15) is 10.8 Å². The first kappa shape index (κ1) is 12.6. The van der Waals surface area contributed by atoms with Crippen molar-refractivity contribution in [1.29, 1.82) is 0 Å². The topological polar surface area (TPSA) is 50.9 Å². The molecule has 0 bridgehead atoms. The molecule has 0 atom stereocenters. The second-order valence-electron chi connectivity index (χ2n) is 3.71. The summed E-state index contributed by atoms with van der Waals surface area (Å²) >= 11 is 4.90. The number of alkyl halides is 2. The Balaban J connectivity index is 2.47. The second kappa shape index (κ2) is 5.22. The van der Waals surface area contributed by atoms with Gasteiger partial charge in [-0.15, -0.1) is 0 Å². The minimum Gasteiger partial charge on any atom is -0.389 e. The molecule has 0 spiro atoms. The lowest BCUT2D eigenvalue weighted by Gasteiger charge is -2.11. The number of nitrogens with one attached hydrogen (secondary N) is 1. The van der Waals surface area contributed by atoms with Crippen molar-refractivity contribution < 1.29 is 8.78 Å². The summed E-state index contributed by atoms with van der Waals surface area (Å²) in [6.07, 6.45) is -2.46. The highest BCUT2D eigenvalue weighted by Crippen LogP contribution is 2.20. The quantitative estimate of drug-likeness (QED) is 0.836. The molecule has 2 rings (SSSR count). The summed E-state index contributed by atoms with van der Waals surface area (Å²) in [5.41, 5.74) is 6.76. The van der Waals surface area contributed by atoms with E-state index in [-0.39, 0.29) is 4.99 Å². The van der Waals surface area contributed by atoms with E-state index < -0.39 is 13.0 Å². The zero-order chi connectivity index (χ0) is 13.1. The molecule has 1 aromatic carbocycles. The van der Waals surface area contributed by atoms with E-state index in [1.54, 1.807) is 12.1 Å². The van der Waals surface area contributed by atoms with Crippen LogP contribution in [0.4, 0.5) is 14.6 Å². The normalized spacial score (nSPS) is 10.8. The fraction of sp³-hybridized carbons (Fsp3) is 0.167. The summed E-state index contributed by atoms with van der Waals surface area (Å²) in [6.45, 7) is -0.485. The van der Waals surface area contributed by atoms with Gasteiger partial charge >= 0.3 is 0 Å². The Morgan fingerprint density at radius 1 is 1.39 bits per heavy atom. The molecule has 0 saturated heterocycles. The van der Waals surface area contributed by atoms with Crippen LogP contribution in [0.1, 0.15) is 5.56 Å². The van der Waals surface area contributed by atoms with E-state index in [9.17, 15) is 8.78 Å². The van der Waals surface area contributed by atoms with E-state index in [4.69, 9.17) is 18.0 Å². The van der Waals surface area contributed by atoms with Crippen LogP contribution < -0.4 is 11.1 Å². The number of rotatable bonds is 4. The van der Waals surface area contributed by atoms with Crippen LogP contribution in [0, 0.1) is 0 Å². The average Bonchev–Trinajstić information content (AvgIpc) is 2.35. The number of nitrogens with zero attached hydrogens (tertiary/aromatic N) is 1. The SMILES string of the molecule is NC(=S)c1cc2ccccc2nc1NCC(F)F. The number of nitrogens with two attached hydrogens (primary N) is 1. The average molecular weight is 267 g/mol. The van der Waals surface area contributed by atoms with E-state index in [0.717, 1.165) is 5.39 Å². The third-order valence-corrected chi connectivity index (χ3v) is 2.63. The lowest BCUT2D eigenvalue weighted by molar-refractivity contribution is 0.163. The number of hydrogen-bond acceptors (Lipinski definition) is 3. The van der Waals surface area contributed by atoms with E-state index >= 15 is 0 Å². The Hall–Kier alpha value is -1.82. The first-order valence-corrected chi connectivity index (χ1v) is 5.70. The highest BCUT2D eigenvalue weighted by Gasteiger charge is 2.11. The van der Waals surface area contributed by atoms with Gasteiger partial charge in [-0.1, -0.05) is 30.4 Å². The van der Waals surface area contributed by atoms with E-state index in [1.165, 1.54) is 0 Å². The molecule has 0 fully saturated rings. The van der Waals surface area contributed by atoms with Crippen LogP contribution in [0.5, 0.6) is 0 Å². The van der Waals surface area contributed by atoms with Gasteiger partial charge < -0.3 is 11.1 Å². The van der Waals surface area contributed by atoms with Gasteiger partial charge in [-0.3, -0.25) is 0 Å². The monoisotopic (exact) mass is 267 g/mol. The number of fused-ring (bicyclic) bond motifs is 1. The standard InChI is InChI=1S/C12H11F2N3S/c13-10(14)6-16-12-8(11(15)18)5-7-3-1-2-4-9(7)17-12/h1-5,10H,6H2,(H2,15,18)(H,16,17). The van der Waals surface area contributed by atoms with Crippen molar-refractivity contribution in [3.8, 4) is 0 Å². The predicted octanol–water partition coefficient (Wildman–Crippen LogP) is 2.55. The van der Waals surface area contributed by atoms with Gasteiger partial charge in [0.25, 0.3) is 6.43 Å². The molecule has 0 aliphatic carbocycles. The van der Waals surface area contributed by atoms with Crippen LogP contribution in [0.25, 0.3) is 10.9 Å². The number of thiocarbonyl (C=S) groups is 1. The highest BCUT2D eigenvalue weighted by molar-refractivity contribution is 7.80. The molecular weight excluding hydrogens is 256 g/mol. The molecule has 94 valence electrons. The Morgan fingerprint density at radius 2 is 2.11 bits per heavy atom. The van der Waals surface area contributed by atoms with Crippen molar-refractivity contribution in [3.05, 3.63) is 35.9 Å². The van der Waals surface area contributed by atoms with Crippen LogP contribution in [0.3, 0.4) is 0 Å². The molecule has 3 N–H and O–H groups in total. The highest BCUT2D eigenvalue weighted by atomic mass is 32.1. The molecule has 0 amide bonds. The van der Waals surface area contributed by atoms with Gasteiger partial charge in [0.2, 0.25) is 0 Å². The number of benzene rings is 1. The molecule has 3 nitrogen and oxygen atoms in total. The lowest BCUT2D eigenvalue weighted by Crippen LogP contribution is -2.17. The van der Waals surface area contributed by atoms with Crippen molar-refractivity contribution in [1.82, 2.24) is 4.98 Å². The smallest absolute Gasteiger partial charge is 0.255 e. The van der Waals surface area contributed by atoms with Crippen LogP contribution in [0.2, 0.25) is 0 Å². The van der Waals surface area contributed by atoms with Gasteiger partial charge in [0.05, 0.1) is 17.6 Å². The third-order valence-electron chi connectivity index (χ3n) is 2.41. The number of pyridine rings is 1. The molecule has 0 aliphatic heterocycles. The maximum Gasteiger partial charge on any atom is 0.255 e. The molecule has 1 heterocycles. The van der Waals surface area contributed by atoms with Gasteiger partial charge in [-0.05, 0) is 12.1 Å². The molecule has 0 unspecified atom stereocenters. The first-order valence-electron chi connectivity index (χ1n) is 5.29. The number of aromatic nitrogens is 1. The van der Waals surface area contributed by atoms with Gasteiger partial charge in [0.15, 0.2) is 0 Å². The molecule has 0 saturated carbocycles. The van der Waals surface area contributed by atoms with Crippen LogP contribution in [-0.2, 0) is 0 Å². The Labute approximate surface area is 108 Å². The summed E-state index contributed by atoms with van der Waals surface area (Å²) < 4.78 is 24.4. The lowest BCUT2D eigenvalue weighted by atomic mass is 10.1. The second-order valence-corrected chi connectivity index (χ2v) is 4.15. The Bertz CT molecular complexity index is 587. The van der Waals surface area contributed by atoms with Gasteiger partial charge in [-0.25, -0.2) is 13.8 Å². The summed E-state index contributed by atoms with van der Waals surface area (Å²) in [6, 6.07) is 9.10. The first-order chi connectivity index (χ1) is 8.58. The van der Waals surface area contributed by atoms with Crippen molar-refractivity contribution in [2.45, 2.75) is 6.43 Å².